The van der Waals surface area contributed by atoms with Crippen LogP contribution in [0.3, 0.4) is 0 Å². The zero-order valence-electron chi connectivity index (χ0n) is 13.8. The minimum Gasteiger partial charge on any atom is -0.298 e. The molecule has 0 spiro atoms. The molecule has 3 heteroatoms. The number of rotatable bonds is 8. The molecule has 0 amide bonds. The monoisotopic (exact) mass is 298 g/mol. The molecule has 0 aliphatic carbocycles. The zero-order chi connectivity index (χ0) is 14.4. The molecule has 2 fully saturated rings. The second kappa shape index (κ2) is 8.65. The quantitative estimate of drug-likeness (QED) is 0.631. The smallest absolute Gasteiger partial charge is 0.0246 e. The van der Waals surface area contributed by atoms with Gasteiger partial charge in [-0.3, -0.25) is 9.80 Å². The molecule has 2 saturated heterocycles. The highest BCUT2D eigenvalue weighted by molar-refractivity contribution is 7.98. The van der Waals surface area contributed by atoms with Crippen molar-refractivity contribution in [3.05, 3.63) is 0 Å². The van der Waals surface area contributed by atoms with Gasteiger partial charge in [-0.1, -0.05) is 26.7 Å². The van der Waals surface area contributed by atoms with Crippen LogP contribution < -0.4 is 0 Å². The van der Waals surface area contributed by atoms with Crippen LogP contribution in [0.5, 0.6) is 0 Å². The molecule has 118 valence electrons. The fourth-order valence-corrected chi connectivity index (χ4v) is 4.40. The lowest BCUT2D eigenvalue weighted by Gasteiger charge is -2.45. The number of piperazine rings is 1. The molecule has 2 aliphatic heterocycles. The van der Waals surface area contributed by atoms with E-state index in [0.717, 1.165) is 18.0 Å². The van der Waals surface area contributed by atoms with Gasteiger partial charge in [-0.2, -0.15) is 11.8 Å². The Hall–Kier alpha value is 0.270. The van der Waals surface area contributed by atoms with Crippen molar-refractivity contribution in [3.63, 3.8) is 0 Å². The molecular weight excluding hydrogens is 264 g/mol. The van der Waals surface area contributed by atoms with E-state index < -0.39 is 0 Å². The second-order valence-electron chi connectivity index (χ2n) is 7.00. The maximum atomic E-state index is 2.83. The third kappa shape index (κ3) is 4.64. The summed E-state index contributed by atoms with van der Waals surface area (Å²) in [4.78, 5) is 5.59. The Morgan fingerprint density at radius 1 is 1.10 bits per heavy atom. The molecule has 0 saturated carbocycles. The Kier molecular flexibility index (Phi) is 7.20. The predicted octanol–water partition coefficient (Wildman–Crippen LogP) is 3.71. The van der Waals surface area contributed by atoms with E-state index in [1.807, 2.05) is 11.8 Å². The third-order valence-corrected chi connectivity index (χ3v) is 5.85. The Morgan fingerprint density at radius 3 is 2.65 bits per heavy atom. The van der Waals surface area contributed by atoms with E-state index in [1.54, 1.807) is 0 Å². The largest absolute Gasteiger partial charge is 0.298 e. The lowest BCUT2D eigenvalue weighted by atomic mass is 9.97. The van der Waals surface area contributed by atoms with E-state index in [2.05, 4.69) is 29.9 Å². The number of hydrogen-bond donors (Lipinski definition) is 0. The standard InChI is InChI=1S/C17H34N2S/c1-15(2)17-14-18-11-8-9-16(18)13-19(17)10-6-4-5-7-12-20-3/h15-17H,4-14H2,1-3H3. The fraction of sp³-hybridized carbons (Fsp3) is 1.00. The number of unbranched alkanes of at least 4 members (excludes halogenated alkanes) is 3. The van der Waals surface area contributed by atoms with Crippen molar-refractivity contribution in [1.82, 2.24) is 9.80 Å². The summed E-state index contributed by atoms with van der Waals surface area (Å²) in [6.07, 6.45) is 10.8. The number of thioether (sulfide) groups is 1. The Balaban J connectivity index is 1.72. The molecule has 2 atom stereocenters. The molecule has 0 aromatic carbocycles. The molecule has 0 aromatic heterocycles. The maximum Gasteiger partial charge on any atom is 0.0246 e. The van der Waals surface area contributed by atoms with Gasteiger partial charge in [0.1, 0.15) is 0 Å². The molecule has 0 N–H and O–H groups in total. The van der Waals surface area contributed by atoms with Crippen LogP contribution in [0.25, 0.3) is 0 Å². The summed E-state index contributed by atoms with van der Waals surface area (Å²) in [5, 5.41) is 0. The average molecular weight is 299 g/mol. The van der Waals surface area contributed by atoms with Crippen molar-refractivity contribution < 1.29 is 0 Å². The van der Waals surface area contributed by atoms with Gasteiger partial charge >= 0.3 is 0 Å². The van der Waals surface area contributed by atoms with E-state index in [0.29, 0.717) is 0 Å². The minimum absolute atomic E-state index is 0.799. The molecular formula is C17H34N2S. The van der Waals surface area contributed by atoms with E-state index in [1.165, 1.54) is 70.5 Å². The van der Waals surface area contributed by atoms with Gasteiger partial charge in [0.25, 0.3) is 0 Å². The van der Waals surface area contributed by atoms with Crippen LogP contribution in [-0.4, -0.2) is 60.1 Å². The summed E-state index contributed by atoms with van der Waals surface area (Å²) in [6, 6.07) is 1.68. The molecule has 2 aliphatic rings. The second-order valence-corrected chi connectivity index (χ2v) is 7.99. The summed E-state index contributed by atoms with van der Waals surface area (Å²) < 4.78 is 0. The number of hydrogen-bond acceptors (Lipinski definition) is 3. The third-order valence-electron chi connectivity index (χ3n) is 5.15. The molecule has 0 radical (unpaired) electrons. The van der Waals surface area contributed by atoms with Gasteiger partial charge < -0.3 is 0 Å². The highest BCUT2D eigenvalue weighted by atomic mass is 32.2. The first-order valence-electron chi connectivity index (χ1n) is 8.69. The minimum atomic E-state index is 0.799. The number of nitrogens with zero attached hydrogens (tertiary/aromatic N) is 2. The highest BCUT2D eigenvalue weighted by Crippen LogP contribution is 2.27. The summed E-state index contributed by atoms with van der Waals surface area (Å²) in [5.74, 6) is 2.14. The molecule has 2 unspecified atom stereocenters. The Labute approximate surface area is 130 Å². The van der Waals surface area contributed by atoms with Gasteiger partial charge in [-0.25, -0.2) is 0 Å². The van der Waals surface area contributed by atoms with Crippen LogP contribution in [0.15, 0.2) is 0 Å². The molecule has 2 heterocycles. The first-order valence-corrected chi connectivity index (χ1v) is 10.1. The highest BCUT2D eigenvalue weighted by Gasteiger charge is 2.36. The van der Waals surface area contributed by atoms with Crippen LogP contribution in [-0.2, 0) is 0 Å². The molecule has 2 nitrogen and oxygen atoms in total. The van der Waals surface area contributed by atoms with Crippen LogP contribution in [0.1, 0.15) is 52.4 Å². The van der Waals surface area contributed by atoms with Crippen molar-refractivity contribution in [2.75, 3.05) is 38.2 Å². The van der Waals surface area contributed by atoms with Gasteiger partial charge in [0, 0.05) is 25.2 Å². The lowest BCUT2D eigenvalue weighted by Crippen LogP contribution is -2.57. The summed E-state index contributed by atoms with van der Waals surface area (Å²) >= 11 is 1.99. The lowest BCUT2D eigenvalue weighted by molar-refractivity contribution is 0.0283. The summed E-state index contributed by atoms with van der Waals surface area (Å²) in [6.45, 7) is 10.2. The van der Waals surface area contributed by atoms with E-state index in [9.17, 15) is 0 Å². The van der Waals surface area contributed by atoms with Crippen LogP contribution in [0.2, 0.25) is 0 Å². The van der Waals surface area contributed by atoms with Crippen molar-refractivity contribution in [1.29, 1.82) is 0 Å². The molecule has 2 rings (SSSR count). The van der Waals surface area contributed by atoms with Crippen LogP contribution in [0, 0.1) is 5.92 Å². The first-order chi connectivity index (χ1) is 9.72. The summed E-state index contributed by atoms with van der Waals surface area (Å²) in [7, 11) is 0. The molecule has 20 heavy (non-hydrogen) atoms. The van der Waals surface area contributed by atoms with Crippen molar-refractivity contribution >= 4 is 11.8 Å². The first kappa shape index (κ1) is 16.6. The number of fused-ring (bicyclic) bond motifs is 1. The molecule has 0 aromatic rings. The Bertz CT molecular complexity index is 270. The van der Waals surface area contributed by atoms with Gasteiger partial charge in [0.2, 0.25) is 0 Å². The van der Waals surface area contributed by atoms with Crippen molar-refractivity contribution in [3.8, 4) is 0 Å². The fourth-order valence-electron chi connectivity index (χ4n) is 3.91. The van der Waals surface area contributed by atoms with Crippen LogP contribution in [0.4, 0.5) is 0 Å². The predicted molar refractivity (Wildman–Crippen MR) is 91.6 cm³/mol. The van der Waals surface area contributed by atoms with Gasteiger partial charge in [-0.05, 0) is 56.7 Å². The van der Waals surface area contributed by atoms with Crippen molar-refractivity contribution in [2.24, 2.45) is 5.92 Å². The maximum absolute atomic E-state index is 2.83. The van der Waals surface area contributed by atoms with Gasteiger partial charge in [0.15, 0.2) is 0 Å². The van der Waals surface area contributed by atoms with E-state index in [4.69, 9.17) is 0 Å². The average Bonchev–Trinajstić information content (AvgIpc) is 2.88. The normalized spacial score (nSPS) is 28.2. The molecule has 0 bridgehead atoms. The summed E-state index contributed by atoms with van der Waals surface area (Å²) in [5.41, 5.74) is 0. The van der Waals surface area contributed by atoms with E-state index >= 15 is 0 Å². The topological polar surface area (TPSA) is 6.48 Å². The van der Waals surface area contributed by atoms with Crippen LogP contribution >= 0.6 is 11.8 Å². The van der Waals surface area contributed by atoms with E-state index in [-0.39, 0.29) is 0 Å². The zero-order valence-corrected chi connectivity index (χ0v) is 14.6. The SMILES string of the molecule is CSCCCCCCN1CC2CCCN2CC1C(C)C. The van der Waals surface area contributed by atoms with Crippen molar-refractivity contribution in [2.45, 2.75) is 64.5 Å². The van der Waals surface area contributed by atoms with Gasteiger partial charge in [-0.15, -0.1) is 0 Å². The Morgan fingerprint density at radius 2 is 1.90 bits per heavy atom. The van der Waals surface area contributed by atoms with Gasteiger partial charge in [0.05, 0.1) is 0 Å².